The van der Waals surface area contributed by atoms with Crippen molar-refractivity contribution in [2.75, 3.05) is 14.2 Å². The van der Waals surface area contributed by atoms with Crippen LogP contribution in [0.2, 0.25) is 0 Å². The smallest absolute Gasteiger partial charge is 0.497 e. The van der Waals surface area contributed by atoms with Crippen LogP contribution in [0.25, 0.3) is 10.4 Å². The van der Waals surface area contributed by atoms with Crippen LogP contribution < -0.4 is 9.26 Å². The molecular weight excluding hydrogens is 371 g/mol. The number of ether oxygens (including phenoxy) is 1. The van der Waals surface area contributed by atoms with E-state index in [1.165, 1.54) is 6.21 Å². The summed E-state index contributed by atoms with van der Waals surface area (Å²) in [6.07, 6.45) is 3.16. The third-order valence-corrected chi connectivity index (χ3v) is 4.96. The van der Waals surface area contributed by atoms with Crippen LogP contribution >= 0.6 is 7.07 Å². The molecule has 10 heteroatoms. The Labute approximate surface area is 156 Å². The molecule has 2 aromatic carbocycles. The molecule has 132 valence electrons. The summed E-state index contributed by atoms with van der Waals surface area (Å²) in [6, 6.07) is 14.6. The largest absolute Gasteiger partial charge is 0.540 e. The number of benzene rings is 2. The minimum absolute atomic E-state index is 0.624. The van der Waals surface area contributed by atoms with Crippen molar-refractivity contribution in [2.45, 2.75) is 0 Å². The summed E-state index contributed by atoms with van der Waals surface area (Å²) in [5, 5.41) is 10.9. The summed E-state index contributed by atoms with van der Waals surface area (Å²) >= 11 is 5.37. The molecule has 0 aliphatic heterocycles. The number of hydrazone groups is 1. The number of hydrogen-bond acceptors (Lipinski definition) is 5. The average Bonchev–Trinajstić information content (AvgIpc) is 2.68. The molecular formula is C16H16N6O2PS+. The highest BCUT2D eigenvalue weighted by molar-refractivity contribution is 8.02. The SMILES string of the molecule is COc1ccc(/C=N\N(C)[P+](=S)Oc2ccc(C=NN=[N+]=[N-])cc2)cc1. The quantitative estimate of drug-likeness (QED) is 0.167. The lowest BCUT2D eigenvalue weighted by molar-refractivity contribution is 0.415. The van der Waals surface area contributed by atoms with Crippen molar-refractivity contribution >= 4 is 31.3 Å². The van der Waals surface area contributed by atoms with E-state index in [1.54, 1.807) is 49.4 Å². The monoisotopic (exact) mass is 387 g/mol. The van der Waals surface area contributed by atoms with Gasteiger partial charge in [-0.05, 0) is 59.2 Å². The number of rotatable bonds is 8. The van der Waals surface area contributed by atoms with Crippen LogP contribution in [0.5, 0.6) is 11.5 Å². The zero-order chi connectivity index (χ0) is 18.8. The lowest BCUT2D eigenvalue weighted by atomic mass is 10.2. The van der Waals surface area contributed by atoms with Crippen LogP contribution in [-0.2, 0) is 11.8 Å². The Morgan fingerprint density at radius 1 is 1.04 bits per heavy atom. The topological polar surface area (TPSA) is 95.2 Å². The molecule has 0 bridgehead atoms. The molecule has 1 unspecified atom stereocenters. The molecule has 0 aliphatic carbocycles. The molecule has 2 aromatic rings. The standard InChI is InChI=1S/C16H16N6O2PS/c1-22(19-12-14-3-7-15(23-2)8-4-14)25(26)24-16-9-5-13(6-10-16)11-18-21-20-17/h3-12H,1-2H3/q+1/b18-11?,19-12-. The Morgan fingerprint density at radius 3 is 2.19 bits per heavy atom. The van der Waals surface area contributed by atoms with Crippen molar-refractivity contribution in [3.8, 4) is 11.5 Å². The summed E-state index contributed by atoms with van der Waals surface area (Å²) in [7, 11) is 2.03. The molecule has 0 fully saturated rings. The Balaban J connectivity index is 1.93. The van der Waals surface area contributed by atoms with E-state index in [2.05, 4.69) is 20.3 Å². The third kappa shape index (κ3) is 6.14. The lowest BCUT2D eigenvalue weighted by Crippen LogP contribution is -2.03. The van der Waals surface area contributed by atoms with E-state index in [-0.39, 0.29) is 0 Å². The van der Waals surface area contributed by atoms with E-state index >= 15 is 0 Å². The van der Waals surface area contributed by atoms with Crippen LogP contribution in [0.1, 0.15) is 11.1 Å². The van der Waals surface area contributed by atoms with Crippen molar-refractivity contribution in [2.24, 2.45) is 15.4 Å². The summed E-state index contributed by atoms with van der Waals surface area (Å²) in [5.74, 6) is 1.41. The van der Waals surface area contributed by atoms with Gasteiger partial charge in [0.25, 0.3) is 0 Å². The summed E-state index contributed by atoms with van der Waals surface area (Å²) < 4.78 is 12.4. The third-order valence-electron chi connectivity index (χ3n) is 3.09. The second kappa shape index (κ2) is 10.1. The van der Waals surface area contributed by atoms with Gasteiger partial charge in [0.05, 0.1) is 20.4 Å². The molecule has 1 atom stereocenters. The van der Waals surface area contributed by atoms with Gasteiger partial charge in [0, 0.05) is 10.8 Å². The fourth-order valence-electron chi connectivity index (χ4n) is 1.76. The molecule has 26 heavy (non-hydrogen) atoms. The van der Waals surface area contributed by atoms with Gasteiger partial charge in [-0.15, -0.1) is 10.6 Å². The molecule has 0 amide bonds. The van der Waals surface area contributed by atoms with Crippen LogP contribution in [-0.4, -0.2) is 31.4 Å². The van der Waals surface area contributed by atoms with E-state index in [4.69, 9.17) is 26.6 Å². The van der Waals surface area contributed by atoms with Gasteiger partial charge < -0.3 is 4.74 Å². The van der Waals surface area contributed by atoms with Crippen LogP contribution in [0.15, 0.2) is 64.0 Å². The molecule has 0 spiro atoms. The molecule has 0 radical (unpaired) electrons. The minimum atomic E-state index is -1.35. The minimum Gasteiger partial charge on any atom is -0.497 e. The van der Waals surface area contributed by atoms with Crippen molar-refractivity contribution < 1.29 is 9.26 Å². The normalized spacial score (nSPS) is 11.2. The molecule has 0 saturated heterocycles. The predicted molar refractivity (Wildman–Crippen MR) is 106 cm³/mol. The first-order valence-corrected chi connectivity index (χ1v) is 9.59. The number of hydrogen-bond donors (Lipinski definition) is 0. The summed E-state index contributed by atoms with van der Waals surface area (Å²) in [5.41, 5.74) is 9.89. The van der Waals surface area contributed by atoms with Crippen molar-refractivity contribution in [1.82, 2.24) is 4.78 Å². The fourth-order valence-corrected chi connectivity index (χ4v) is 2.70. The maximum Gasteiger partial charge on any atom is 0.540 e. The molecule has 0 aliphatic rings. The van der Waals surface area contributed by atoms with Crippen LogP contribution in [0, 0.1) is 0 Å². The molecule has 0 aromatic heterocycles. The fraction of sp³-hybridized carbons (Fsp3) is 0.125. The van der Waals surface area contributed by atoms with Crippen LogP contribution in [0.3, 0.4) is 0 Å². The van der Waals surface area contributed by atoms with Gasteiger partial charge in [-0.1, -0.05) is 4.78 Å². The van der Waals surface area contributed by atoms with Gasteiger partial charge in [0.1, 0.15) is 5.75 Å². The highest BCUT2D eigenvalue weighted by Gasteiger charge is 2.20. The zero-order valence-electron chi connectivity index (χ0n) is 14.1. The molecule has 0 heterocycles. The van der Waals surface area contributed by atoms with Crippen molar-refractivity contribution in [3.05, 3.63) is 70.1 Å². The lowest BCUT2D eigenvalue weighted by Gasteiger charge is -2.02. The van der Waals surface area contributed by atoms with E-state index in [0.29, 0.717) is 5.75 Å². The second-order valence-corrected chi connectivity index (χ2v) is 7.00. The Kier molecular flexibility index (Phi) is 7.51. The van der Waals surface area contributed by atoms with Crippen molar-refractivity contribution in [3.63, 3.8) is 0 Å². The highest BCUT2D eigenvalue weighted by atomic mass is 32.4. The van der Waals surface area contributed by atoms with Gasteiger partial charge >= 0.3 is 7.07 Å². The van der Waals surface area contributed by atoms with E-state index < -0.39 is 7.07 Å². The molecule has 0 N–H and O–H groups in total. The summed E-state index contributed by atoms with van der Waals surface area (Å²) in [6.45, 7) is 0. The van der Waals surface area contributed by atoms with Crippen molar-refractivity contribution in [1.29, 1.82) is 0 Å². The average molecular weight is 387 g/mol. The maximum atomic E-state index is 8.17. The van der Waals surface area contributed by atoms with E-state index in [1.807, 2.05) is 24.3 Å². The molecule has 0 saturated carbocycles. The number of nitrogens with zero attached hydrogens (tertiary/aromatic N) is 6. The molecule has 2 rings (SSSR count). The first-order chi connectivity index (χ1) is 12.6. The molecule has 8 nitrogen and oxygen atoms in total. The Hall–Kier alpha value is -2.99. The predicted octanol–water partition coefficient (Wildman–Crippen LogP) is 4.46. The zero-order valence-corrected chi connectivity index (χ0v) is 15.8. The van der Waals surface area contributed by atoms with Gasteiger partial charge in [0.15, 0.2) is 12.0 Å². The van der Waals surface area contributed by atoms with Gasteiger partial charge in [-0.25, -0.2) is 0 Å². The maximum absolute atomic E-state index is 8.17. The van der Waals surface area contributed by atoms with E-state index in [9.17, 15) is 0 Å². The first-order valence-electron chi connectivity index (χ1n) is 7.37. The highest BCUT2D eigenvalue weighted by Crippen LogP contribution is 2.30. The first kappa shape index (κ1) is 19.3. The van der Waals surface area contributed by atoms with Gasteiger partial charge in [-0.3, -0.25) is 4.52 Å². The van der Waals surface area contributed by atoms with Gasteiger partial charge in [-0.2, -0.15) is 4.91 Å². The van der Waals surface area contributed by atoms with Crippen LogP contribution in [0.4, 0.5) is 0 Å². The Morgan fingerprint density at radius 2 is 1.62 bits per heavy atom. The summed E-state index contributed by atoms with van der Waals surface area (Å²) in [4.78, 5) is 2.54. The van der Waals surface area contributed by atoms with E-state index in [0.717, 1.165) is 16.9 Å². The second-order valence-electron chi connectivity index (χ2n) is 4.83. The Bertz CT molecular complexity index is 848. The number of methoxy groups -OCH3 is 1. The number of azide groups is 1. The van der Waals surface area contributed by atoms with Gasteiger partial charge in [0.2, 0.25) is 11.8 Å².